The molecule has 0 unspecified atom stereocenters. The Balaban J connectivity index is 1.98. The Morgan fingerprint density at radius 1 is 1.14 bits per heavy atom. The Bertz CT molecular complexity index is 834. The van der Waals surface area contributed by atoms with E-state index < -0.39 is 0 Å². The summed E-state index contributed by atoms with van der Waals surface area (Å²) in [5.74, 6) is 0. The van der Waals surface area contributed by atoms with Crippen LogP contribution >= 0.6 is 0 Å². The zero-order chi connectivity index (χ0) is 14.7. The van der Waals surface area contributed by atoms with Gasteiger partial charge in [-0.05, 0) is 23.8 Å². The van der Waals surface area contributed by atoms with Gasteiger partial charge < -0.3 is 11.1 Å². The smallest absolute Gasteiger partial charge is 0.103 e. The maximum absolute atomic E-state index is 9.27. The molecule has 0 radical (unpaired) electrons. The SMILES string of the molecule is N#Cc1cnc2ccccc2c1NCc1cccc(N)c1. The van der Waals surface area contributed by atoms with Crippen molar-refractivity contribution in [1.29, 1.82) is 5.26 Å². The molecule has 1 aromatic heterocycles. The van der Waals surface area contributed by atoms with E-state index in [0.717, 1.165) is 27.8 Å². The highest BCUT2D eigenvalue weighted by Crippen LogP contribution is 2.26. The zero-order valence-corrected chi connectivity index (χ0v) is 11.4. The molecule has 3 aromatic rings. The topological polar surface area (TPSA) is 74.7 Å². The molecular weight excluding hydrogens is 260 g/mol. The lowest BCUT2D eigenvalue weighted by molar-refractivity contribution is 1.15. The van der Waals surface area contributed by atoms with Gasteiger partial charge in [0.05, 0.1) is 16.8 Å². The molecule has 4 heteroatoms. The minimum atomic E-state index is 0.539. The lowest BCUT2D eigenvalue weighted by Gasteiger charge is -2.11. The quantitative estimate of drug-likeness (QED) is 0.718. The average molecular weight is 274 g/mol. The highest BCUT2D eigenvalue weighted by Gasteiger charge is 2.08. The molecule has 0 bridgehead atoms. The van der Waals surface area contributed by atoms with Gasteiger partial charge in [-0.2, -0.15) is 5.26 Å². The van der Waals surface area contributed by atoms with Gasteiger partial charge in [0.15, 0.2) is 0 Å². The van der Waals surface area contributed by atoms with Crippen LogP contribution in [0.5, 0.6) is 0 Å². The average Bonchev–Trinajstić information content (AvgIpc) is 2.52. The van der Waals surface area contributed by atoms with E-state index in [4.69, 9.17) is 5.73 Å². The second-order valence-corrected chi connectivity index (χ2v) is 4.77. The van der Waals surface area contributed by atoms with Gasteiger partial charge in [0.2, 0.25) is 0 Å². The molecule has 0 fully saturated rings. The molecule has 0 amide bonds. The molecule has 1 heterocycles. The van der Waals surface area contributed by atoms with Crippen molar-refractivity contribution in [2.75, 3.05) is 11.1 Å². The molecule has 3 N–H and O–H groups in total. The van der Waals surface area contributed by atoms with Crippen LogP contribution in [-0.4, -0.2) is 4.98 Å². The first-order valence-corrected chi connectivity index (χ1v) is 6.64. The summed E-state index contributed by atoms with van der Waals surface area (Å²) in [6.07, 6.45) is 1.60. The molecule has 0 saturated carbocycles. The standard InChI is InChI=1S/C17H14N4/c18-9-13-11-20-16-7-2-1-6-15(16)17(13)21-10-12-4-3-5-14(19)8-12/h1-8,11H,10,19H2,(H,20,21). The number of aromatic nitrogens is 1. The van der Waals surface area contributed by atoms with Crippen molar-refractivity contribution < 1.29 is 0 Å². The maximum atomic E-state index is 9.27. The van der Waals surface area contributed by atoms with Gasteiger partial charge in [0, 0.05) is 23.8 Å². The Hall–Kier alpha value is -3.06. The second-order valence-electron chi connectivity index (χ2n) is 4.77. The van der Waals surface area contributed by atoms with Crippen molar-refractivity contribution >= 4 is 22.3 Å². The number of para-hydroxylation sites is 1. The van der Waals surface area contributed by atoms with Gasteiger partial charge >= 0.3 is 0 Å². The van der Waals surface area contributed by atoms with Crippen molar-refractivity contribution in [1.82, 2.24) is 4.98 Å². The van der Waals surface area contributed by atoms with Gasteiger partial charge in [-0.1, -0.05) is 30.3 Å². The summed E-state index contributed by atoms with van der Waals surface area (Å²) >= 11 is 0. The molecule has 0 saturated heterocycles. The van der Waals surface area contributed by atoms with E-state index in [0.29, 0.717) is 12.1 Å². The molecule has 3 rings (SSSR count). The number of pyridine rings is 1. The molecule has 102 valence electrons. The van der Waals surface area contributed by atoms with Crippen LogP contribution in [0.2, 0.25) is 0 Å². The number of benzene rings is 2. The van der Waals surface area contributed by atoms with Crippen LogP contribution in [0, 0.1) is 11.3 Å². The Kier molecular flexibility index (Phi) is 3.40. The van der Waals surface area contributed by atoms with Crippen LogP contribution in [0.4, 0.5) is 11.4 Å². The lowest BCUT2D eigenvalue weighted by atomic mass is 10.1. The summed E-state index contributed by atoms with van der Waals surface area (Å²) in [6, 6.07) is 17.6. The molecule has 21 heavy (non-hydrogen) atoms. The van der Waals surface area contributed by atoms with E-state index in [9.17, 15) is 5.26 Å². The highest BCUT2D eigenvalue weighted by atomic mass is 14.9. The third kappa shape index (κ3) is 2.63. The number of nitrogen functional groups attached to an aromatic ring is 1. The van der Waals surface area contributed by atoms with Gasteiger partial charge in [0.1, 0.15) is 6.07 Å². The fourth-order valence-electron chi connectivity index (χ4n) is 2.31. The third-order valence-electron chi connectivity index (χ3n) is 3.32. The number of rotatable bonds is 3. The Labute approximate surface area is 122 Å². The molecule has 0 aliphatic heterocycles. The number of nitriles is 1. The summed E-state index contributed by atoms with van der Waals surface area (Å²) in [5.41, 5.74) is 9.80. The highest BCUT2D eigenvalue weighted by molar-refractivity contribution is 5.93. The van der Waals surface area contributed by atoms with E-state index in [1.165, 1.54) is 0 Å². The number of hydrogen-bond donors (Lipinski definition) is 2. The van der Waals surface area contributed by atoms with Crippen LogP contribution < -0.4 is 11.1 Å². The molecular formula is C17H14N4. The normalized spacial score (nSPS) is 10.2. The monoisotopic (exact) mass is 274 g/mol. The van der Waals surface area contributed by atoms with E-state index in [1.54, 1.807) is 6.20 Å². The predicted molar refractivity (Wildman–Crippen MR) is 84.6 cm³/mol. The van der Waals surface area contributed by atoms with Gasteiger partial charge in [-0.25, -0.2) is 0 Å². The first kappa shape index (κ1) is 12.9. The first-order chi connectivity index (χ1) is 10.3. The van der Waals surface area contributed by atoms with Crippen LogP contribution in [-0.2, 0) is 6.54 Å². The van der Waals surface area contributed by atoms with Gasteiger partial charge in [0.25, 0.3) is 0 Å². The van der Waals surface area contributed by atoms with Crippen molar-refractivity contribution in [3.05, 3.63) is 65.9 Å². The Morgan fingerprint density at radius 2 is 2.00 bits per heavy atom. The lowest BCUT2D eigenvalue weighted by Crippen LogP contribution is -2.03. The van der Waals surface area contributed by atoms with E-state index in [1.807, 2.05) is 48.5 Å². The molecule has 4 nitrogen and oxygen atoms in total. The van der Waals surface area contributed by atoms with Gasteiger partial charge in [-0.3, -0.25) is 4.98 Å². The molecule has 0 spiro atoms. The molecule has 2 aromatic carbocycles. The molecule has 0 aliphatic carbocycles. The maximum Gasteiger partial charge on any atom is 0.103 e. The van der Waals surface area contributed by atoms with Crippen LogP contribution in [0.3, 0.4) is 0 Å². The van der Waals surface area contributed by atoms with Crippen LogP contribution in [0.25, 0.3) is 10.9 Å². The predicted octanol–water partition coefficient (Wildman–Crippen LogP) is 3.30. The van der Waals surface area contributed by atoms with Gasteiger partial charge in [-0.15, -0.1) is 0 Å². The number of fused-ring (bicyclic) bond motifs is 1. The zero-order valence-electron chi connectivity index (χ0n) is 11.4. The molecule has 0 atom stereocenters. The fourth-order valence-corrected chi connectivity index (χ4v) is 2.31. The summed E-state index contributed by atoms with van der Waals surface area (Å²) in [6.45, 7) is 0.605. The summed E-state index contributed by atoms with van der Waals surface area (Å²) in [5, 5.41) is 13.5. The summed E-state index contributed by atoms with van der Waals surface area (Å²) < 4.78 is 0. The minimum Gasteiger partial charge on any atom is -0.399 e. The van der Waals surface area contributed by atoms with E-state index in [2.05, 4.69) is 16.4 Å². The third-order valence-corrected chi connectivity index (χ3v) is 3.32. The van der Waals surface area contributed by atoms with Crippen molar-refractivity contribution in [2.24, 2.45) is 0 Å². The van der Waals surface area contributed by atoms with Crippen molar-refractivity contribution in [2.45, 2.75) is 6.54 Å². The summed E-state index contributed by atoms with van der Waals surface area (Å²) in [4.78, 5) is 4.30. The van der Waals surface area contributed by atoms with E-state index in [-0.39, 0.29) is 0 Å². The minimum absolute atomic E-state index is 0.539. The Morgan fingerprint density at radius 3 is 2.81 bits per heavy atom. The number of nitrogens with two attached hydrogens (primary N) is 1. The molecule has 0 aliphatic rings. The number of anilines is 2. The number of nitrogens with one attached hydrogen (secondary N) is 1. The van der Waals surface area contributed by atoms with Crippen LogP contribution in [0.15, 0.2) is 54.7 Å². The van der Waals surface area contributed by atoms with Crippen molar-refractivity contribution in [3.8, 4) is 6.07 Å². The largest absolute Gasteiger partial charge is 0.399 e. The number of hydrogen-bond acceptors (Lipinski definition) is 4. The van der Waals surface area contributed by atoms with E-state index >= 15 is 0 Å². The van der Waals surface area contributed by atoms with Crippen LogP contribution in [0.1, 0.15) is 11.1 Å². The summed E-state index contributed by atoms with van der Waals surface area (Å²) in [7, 11) is 0. The first-order valence-electron chi connectivity index (χ1n) is 6.64. The second kappa shape index (κ2) is 5.51. The fraction of sp³-hybridized carbons (Fsp3) is 0.0588. The van der Waals surface area contributed by atoms with Crippen molar-refractivity contribution in [3.63, 3.8) is 0 Å². The number of nitrogens with zero attached hydrogens (tertiary/aromatic N) is 2.